The molecule has 5 amide bonds. The van der Waals surface area contributed by atoms with Gasteiger partial charge < -0.3 is 35.5 Å². The molecule has 0 aromatic heterocycles. The van der Waals surface area contributed by atoms with Crippen LogP contribution in [0.5, 0.6) is 0 Å². The summed E-state index contributed by atoms with van der Waals surface area (Å²) in [5.41, 5.74) is -1.96. The third-order valence-electron chi connectivity index (χ3n) is 5.86. The molecule has 0 bridgehead atoms. The van der Waals surface area contributed by atoms with Gasteiger partial charge in [-0.05, 0) is 114 Å². The average Bonchev–Trinajstić information content (AvgIpc) is 2.88. The van der Waals surface area contributed by atoms with E-state index in [0.717, 1.165) is 51.6 Å². The molecule has 0 fully saturated rings. The molecular weight excluding hydrogens is 658 g/mol. The third kappa shape index (κ3) is 33.0. The minimum absolute atomic E-state index is 0. The summed E-state index contributed by atoms with van der Waals surface area (Å²) in [5.74, 6) is -0.688. The molecule has 0 aromatic rings. The number of carbonyl (C=O) groups is 5. The second-order valence-corrected chi connectivity index (χ2v) is 14.6. The van der Waals surface area contributed by atoms with Crippen molar-refractivity contribution in [2.45, 2.75) is 143 Å². The number of hydrogen-bond donors (Lipinski definition) is 6. The maximum atomic E-state index is 12.2. The van der Waals surface area contributed by atoms with Crippen LogP contribution < -0.4 is 31.9 Å². The van der Waals surface area contributed by atoms with Crippen LogP contribution >= 0.6 is 12.4 Å². The molecular formula is C33H64ClN7O8. The Balaban J connectivity index is 0. The molecule has 15 nitrogen and oxygen atoms in total. The molecule has 0 spiro atoms. The first-order valence-corrected chi connectivity index (χ1v) is 16.9. The van der Waals surface area contributed by atoms with Gasteiger partial charge in [-0.1, -0.05) is 12.8 Å². The van der Waals surface area contributed by atoms with Crippen LogP contribution in [0.4, 0.5) is 14.4 Å². The summed E-state index contributed by atoms with van der Waals surface area (Å²) in [5, 5.41) is 16.6. The van der Waals surface area contributed by atoms with Gasteiger partial charge in [0, 0.05) is 25.7 Å². The molecule has 6 N–H and O–H groups in total. The van der Waals surface area contributed by atoms with E-state index in [2.05, 4.69) is 36.9 Å². The highest BCUT2D eigenvalue weighted by Gasteiger charge is 2.21. The number of halogens is 1. The predicted molar refractivity (Wildman–Crippen MR) is 193 cm³/mol. The van der Waals surface area contributed by atoms with Gasteiger partial charge in [-0.15, -0.1) is 12.4 Å². The van der Waals surface area contributed by atoms with Crippen LogP contribution in [0.15, 0.2) is 4.99 Å². The predicted octanol–water partition coefficient (Wildman–Crippen LogP) is 4.67. The molecule has 0 radical (unpaired) electrons. The Morgan fingerprint density at radius 3 is 1.51 bits per heavy atom. The van der Waals surface area contributed by atoms with Crippen molar-refractivity contribution in [1.82, 2.24) is 31.9 Å². The van der Waals surface area contributed by atoms with Crippen molar-refractivity contribution in [3.8, 4) is 0 Å². The maximum absolute atomic E-state index is 12.2. The Kier molecular flexibility index (Phi) is 24.1. The van der Waals surface area contributed by atoms with Crippen LogP contribution in [0.2, 0.25) is 0 Å². The fourth-order valence-electron chi connectivity index (χ4n) is 3.82. The molecule has 286 valence electrons. The molecule has 0 aliphatic heterocycles. The molecule has 0 aliphatic carbocycles. The molecule has 1 unspecified atom stereocenters. The lowest BCUT2D eigenvalue weighted by Gasteiger charge is -2.22. The SMILES string of the molecule is CC(CCNCCCCNC(=O)CC(=O)NCCCCCCN=C(NC(=O)OC(C)(C)C)NC(=O)OC(C)(C)C)NC(=O)OC(C)(C)C.Cl. The number of alkyl carbamates (subject to hydrolysis) is 3. The highest BCUT2D eigenvalue weighted by molar-refractivity contribution is 6.01. The second kappa shape index (κ2) is 24.7. The van der Waals surface area contributed by atoms with Crippen LogP contribution in [-0.2, 0) is 23.8 Å². The summed E-state index contributed by atoms with van der Waals surface area (Å²) in [7, 11) is 0. The number of ether oxygens (including phenoxy) is 3. The molecule has 0 rings (SSSR count). The first-order valence-electron chi connectivity index (χ1n) is 16.9. The first kappa shape index (κ1) is 47.8. The van der Waals surface area contributed by atoms with Crippen LogP contribution in [0, 0.1) is 0 Å². The van der Waals surface area contributed by atoms with Crippen LogP contribution in [-0.4, -0.2) is 91.6 Å². The molecule has 0 saturated heterocycles. The van der Waals surface area contributed by atoms with Gasteiger partial charge in [0.05, 0.1) is 0 Å². The van der Waals surface area contributed by atoms with Crippen molar-refractivity contribution >= 4 is 48.5 Å². The summed E-state index contributed by atoms with van der Waals surface area (Å²) in [6.07, 6.45) is 3.35. The van der Waals surface area contributed by atoms with Gasteiger partial charge in [0.15, 0.2) is 0 Å². The third-order valence-corrected chi connectivity index (χ3v) is 5.86. The fourth-order valence-corrected chi connectivity index (χ4v) is 3.82. The summed E-state index contributed by atoms with van der Waals surface area (Å²) in [6.45, 7) is 20.6. The van der Waals surface area contributed by atoms with Crippen LogP contribution in [0.25, 0.3) is 0 Å². The lowest BCUT2D eigenvalue weighted by Crippen LogP contribution is -2.47. The number of nitrogens with one attached hydrogen (secondary N) is 6. The Morgan fingerprint density at radius 2 is 1.02 bits per heavy atom. The van der Waals surface area contributed by atoms with E-state index >= 15 is 0 Å². The van der Waals surface area contributed by atoms with Crippen LogP contribution in [0.1, 0.15) is 121 Å². The van der Waals surface area contributed by atoms with E-state index in [4.69, 9.17) is 14.2 Å². The van der Waals surface area contributed by atoms with E-state index in [1.807, 2.05) is 27.7 Å². The number of rotatable bonds is 18. The number of unbranched alkanes of at least 4 members (excludes halogenated alkanes) is 4. The highest BCUT2D eigenvalue weighted by Crippen LogP contribution is 2.09. The lowest BCUT2D eigenvalue weighted by molar-refractivity contribution is -0.129. The Labute approximate surface area is 299 Å². The quantitative estimate of drug-likeness (QED) is 0.0383. The molecule has 0 aliphatic rings. The van der Waals surface area contributed by atoms with Gasteiger partial charge in [0.25, 0.3) is 0 Å². The molecule has 0 aromatic carbocycles. The van der Waals surface area contributed by atoms with Gasteiger partial charge >= 0.3 is 18.3 Å². The van der Waals surface area contributed by atoms with Crippen molar-refractivity contribution in [3.05, 3.63) is 0 Å². The summed E-state index contributed by atoms with van der Waals surface area (Å²) >= 11 is 0. The number of amides is 5. The lowest BCUT2D eigenvalue weighted by atomic mass is 10.2. The van der Waals surface area contributed by atoms with Gasteiger partial charge in [-0.2, -0.15) is 0 Å². The van der Waals surface area contributed by atoms with Crippen LogP contribution in [0.3, 0.4) is 0 Å². The summed E-state index contributed by atoms with van der Waals surface area (Å²) in [4.78, 5) is 64.5. The standard InChI is InChI=1S/C33H63N7O8.ClH/c1-24(38-28(43)46-31(2,3)4)17-22-34-18-15-16-20-36-26(42)23-25(41)35-19-13-11-12-14-21-37-27(39-29(44)47-32(5,6)7)40-30(45)48-33(8,9)10;/h24,34H,11-23H2,1-10H3,(H,35,41)(H,36,42)(H,38,43)(H2,37,39,40,44,45);1H. The van der Waals surface area contributed by atoms with E-state index in [-0.39, 0.29) is 42.6 Å². The topological polar surface area (TPSA) is 198 Å². The molecule has 16 heteroatoms. The minimum Gasteiger partial charge on any atom is -0.444 e. The largest absolute Gasteiger partial charge is 0.444 e. The number of carbonyl (C=O) groups excluding carboxylic acids is 5. The fraction of sp³-hybridized carbons (Fsp3) is 0.818. The number of guanidine groups is 1. The molecule has 0 saturated carbocycles. The minimum atomic E-state index is -0.747. The van der Waals surface area contributed by atoms with E-state index in [9.17, 15) is 24.0 Å². The van der Waals surface area contributed by atoms with Crippen molar-refractivity contribution < 1.29 is 38.2 Å². The Hall–Kier alpha value is -3.33. The van der Waals surface area contributed by atoms with Crippen molar-refractivity contribution in [2.75, 3.05) is 32.7 Å². The number of nitrogens with zero attached hydrogens (tertiary/aromatic N) is 1. The average molecular weight is 722 g/mol. The summed E-state index contributed by atoms with van der Waals surface area (Å²) < 4.78 is 15.7. The zero-order valence-electron chi connectivity index (χ0n) is 31.4. The summed E-state index contributed by atoms with van der Waals surface area (Å²) in [6, 6.07) is -0.0106. The molecule has 0 heterocycles. The van der Waals surface area contributed by atoms with Gasteiger partial charge in [0.1, 0.15) is 23.2 Å². The van der Waals surface area contributed by atoms with Crippen molar-refractivity contribution in [1.29, 1.82) is 0 Å². The Morgan fingerprint density at radius 1 is 0.592 bits per heavy atom. The number of aliphatic imine (C=N–C) groups is 1. The molecule has 1 atom stereocenters. The van der Waals surface area contributed by atoms with Gasteiger partial charge in [-0.25, -0.2) is 14.4 Å². The second-order valence-electron chi connectivity index (χ2n) is 14.6. The zero-order valence-corrected chi connectivity index (χ0v) is 32.2. The van der Waals surface area contributed by atoms with E-state index < -0.39 is 35.1 Å². The Bertz CT molecular complexity index is 1010. The van der Waals surface area contributed by atoms with Crippen molar-refractivity contribution in [2.24, 2.45) is 4.99 Å². The van der Waals surface area contributed by atoms with Gasteiger partial charge in [0.2, 0.25) is 17.8 Å². The first-order chi connectivity index (χ1) is 22.1. The zero-order chi connectivity index (χ0) is 36.8. The van der Waals surface area contributed by atoms with E-state index in [1.54, 1.807) is 41.5 Å². The van der Waals surface area contributed by atoms with E-state index in [0.29, 0.717) is 26.1 Å². The smallest absolute Gasteiger partial charge is 0.414 e. The maximum Gasteiger partial charge on any atom is 0.414 e. The highest BCUT2D eigenvalue weighted by atomic mass is 35.5. The monoisotopic (exact) mass is 721 g/mol. The molecule has 49 heavy (non-hydrogen) atoms. The van der Waals surface area contributed by atoms with E-state index in [1.165, 1.54) is 0 Å². The van der Waals surface area contributed by atoms with Gasteiger partial charge in [-0.3, -0.25) is 25.2 Å². The van der Waals surface area contributed by atoms with Crippen molar-refractivity contribution in [3.63, 3.8) is 0 Å². The number of hydrogen-bond acceptors (Lipinski definition) is 10. The normalized spacial score (nSPS) is 12.0.